The first-order chi connectivity index (χ1) is 10.2. The number of nitrogens with one attached hydrogen (secondary N) is 1. The van der Waals surface area contributed by atoms with Gasteiger partial charge in [-0.25, -0.2) is 4.98 Å². The number of H-pyrrole nitrogens is 1. The largest absolute Gasteiger partial charge is 0.367 e. The minimum Gasteiger partial charge on any atom is -0.367 e. The summed E-state index contributed by atoms with van der Waals surface area (Å²) in [5.74, 6) is 1.70. The molecule has 2 heterocycles. The van der Waals surface area contributed by atoms with Crippen molar-refractivity contribution in [2.45, 2.75) is 32.9 Å². The molecule has 1 saturated heterocycles. The third-order valence-electron chi connectivity index (χ3n) is 3.81. The Bertz CT molecular complexity index is 595. The quantitative estimate of drug-likeness (QED) is 0.936. The summed E-state index contributed by atoms with van der Waals surface area (Å²) in [6.45, 7) is 7.67. The lowest BCUT2D eigenvalue weighted by atomic mass is 10.1. The Labute approximate surface area is 125 Å². The summed E-state index contributed by atoms with van der Waals surface area (Å²) in [6.07, 6.45) is 0.840. The van der Waals surface area contributed by atoms with Gasteiger partial charge in [0.25, 0.3) is 0 Å². The van der Waals surface area contributed by atoms with Gasteiger partial charge in [0.2, 0.25) is 0 Å². The maximum Gasteiger partial charge on any atom is 0.180 e. The van der Waals surface area contributed by atoms with E-state index in [1.165, 1.54) is 11.1 Å². The first-order valence-corrected chi connectivity index (χ1v) is 7.55. The van der Waals surface area contributed by atoms with E-state index in [1.54, 1.807) is 0 Å². The third-order valence-corrected chi connectivity index (χ3v) is 3.81. The lowest BCUT2D eigenvalue weighted by Crippen LogP contribution is -2.38. The summed E-state index contributed by atoms with van der Waals surface area (Å²) in [7, 11) is 0. The van der Waals surface area contributed by atoms with Gasteiger partial charge in [0.15, 0.2) is 5.82 Å². The summed E-state index contributed by atoms with van der Waals surface area (Å²) < 4.78 is 5.83. The van der Waals surface area contributed by atoms with Crippen LogP contribution < -0.4 is 0 Å². The fourth-order valence-electron chi connectivity index (χ4n) is 2.68. The Morgan fingerprint density at radius 3 is 3.10 bits per heavy atom. The lowest BCUT2D eigenvalue weighted by molar-refractivity contribution is -0.0370. The van der Waals surface area contributed by atoms with E-state index in [9.17, 15) is 0 Å². The van der Waals surface area contributed by atoms with Crippen molar-refractivity contribution >= 4 is 0 Å². The van der Waals surface area contributed by atoms with Crippen molar-refractivity contribution in [2.75, 3.05) is 19.7 Å². The SMILES string of the molecule is CCc1nc([C@@H]2CN(Cc3cccc(C)c3)CCO2)n[nH]1. The number of aromatic nitrogens is 3. The Morgan fingerprint density at radius 2 is 2.33 bits per heavy atom. The van der Waals surface area contributed by atoms with Gasteiger partial charge >= 0.3 is 0 Å². The predicted molar refractivity (Wildman–Crippen MR) is 80.9 cm³/mol. The maximum absolute atomic E-state index is 5.83. The van der Waals surface area contributed by atoms with Crippen molar-refractivity contribution in [1.82, 2.24) is 20.1 Å². The molecule has 112 valence electrons. The molecule has 3 rings (SSSR count). The summed E-state index contributed by atoms with van der Waals surface area (Å²) in [4.78, 5) is 6.90. The van der Waals surface area contributed by atoms with Crippen LogP contribution in [-0.2, 0) is 17.7 Å². The molecule has 2 aromatic rings. The molecule has 0 radical (unpaired) electrons. The molecule has 1 aliphatic rings. The van der Waals surface area contributed by atoms with Crippen molar-refractivity contribution in [3.05, 3.63) is 47.0 Å². The molecule has 1 aromatic carbocycles. The average Bonchev–Trinajstić information content (AvgIpc) is 2.96. The van der Waals surface area contributed by atoms with Crippen LogP contribution in [0, 0.1) is 6.92 Å². The van der Waals surface area contributed by atoms with Crippen molar-refractivity contribution < 1.29 is 4.74 Å². The molecule has 1 fully saturated rings. The van der Waals surface area contributed by atoms with Crippen LogP contribution in [0.15, 0.2) is 24.3 Å². The van der Waals surface area contributed by atoms with Crippen LogP contribution in [0.4, 0.5) is 0 Å². The lowest BCUT2D eigenvalue weighted by Gasteiger charge is -2.31. The van der Waals surface area contributed by atoms with Gasteiger partial charge in [-0.2, -0.15) is 5.10 Å². The molecule has 0 amide bonds. The van der Waals surface area contributed by atoms with Crippen LogP contribution in [0.2, 0.25) is 0 Å². The van der Waals surface area contributed by atoms with Gasteiger partial charge in [-0.15, -0.1) is 0 Å². The minimum absolute atomic E-state index is 0.0277. The topological polar surface area (TPSA) is 54.0 Å². The number of aryl methyl sites for hydroxylation is 2. The van der Waals surface area contributed by atoms with Crippen molar-refractivity contribution in [2.24, 2.45) is 0 Å². The van der Waals surface area contributed by atoms with E-state index in [4.69, 9.17) is 4.74 Å². The molecular weight excluding hydrogens is 264 g/mol. The van der Waals surface area contributed by atoms with E-state index in [1.807, 2.05) is 0 Å². The van der Waals surface area contributed by atoms with Gasteiger partial charge in [0.1, 0.15) is 11.9 Å². The Hall–Kier alpha value is -1.72. The number of hydrogen-bond donors (Lipinski definition) is 1. The number of benzene rings is 1. The number of nitrogens with zero attached hydrogens (tertiary/aromatic N) is 3. The number of morpholine rings is 1. The van der Waals surface area contributed by atoms with Gasteiger partial charge in [0.05, 0.1) is 6.61 Å². The van der Waals surface area contributed by atoms with Crippen LogP contribution in [0.5, 0.6) is 0 Å². The van der Waals surface area contributed by atoms with Gasteiger partial charge in [-0.3, -0.25) is 10.00 Å². The van der Waals surface area contributed by atoms with Crippen LogP contribution in [0.3, 0.4) is 0 Å². The zero-order chi connectivity index (χ0) is 14.7. The fourth-order valence-corrected chi connectivity index (χ4v) is 2.68. The number of ether oxygens (including phenoxy) is 1. The molecule has 0 saturated carbocycles. The molecule has 0 aliphatic carbocycles. The number of hydrogen-bond acceptors (Lipinski definition) is 4. The van der Waals surface area contributed by atoms with Gasteiger partial charge in [-0.1, -0.05) is 36.8 Å². The molecule has 1 aromatic heterocycles. The van der Waals surface area contributed by atoms with E-state index >= 15 is 0 Å². The monoisotopic (exact) mass is 286 g/mol. The minimum atomic E-state index is -0.0277. The molecule has 1 atom stereocenters. The Kier molecular flexibility index (Phi) is 4.31. The molecule has 0 bridgehead atoms. The molecule has 1 aliphatic heterocycles. The molecule has 1 N–H and O–H groups in total. The fraction of sp³-hybridized carbons (Fsp3) is 0.500. The van der Waals surface area contributed by atoms with Gasteiger partial charge in [0, 0.05) is 26.1 Å². The van der Waals surface area contributed by atoms with E-state index in [0.29, 0.717) is 0 Å². The maximum atomic E-state index is 5.83. The second-order valence-corrected chi connectivity index (χ2v) is 5.58. The van der Waals surface area contributed by atoms with Crippen LogP contribution in [0.25, 0.3) is 0 Å². The van der Waals surface area contributed by atoms with E-state index < -0.39 is 0 Å². The molecular formula is C16H22N4O. The van der Waals surface area contributed by atoms with Gasteiger partial charge in [-0.05, 0) is 12.5 Å². The molecule has 21 heavy (non-hydrogen) atoms. The standard InChI is InChI=1S/C16H22N4O/c1-3-15-17-16(19-18-15)14-11-20(7-8-21-14)10-13-6-4-5-12(2)9-13/h4-6,9,14H,3,7-8,10-11H2,1-2H3,(H,17,18,19)/t14-/m0/s1. The Morgan fingerprint density at radius 1 is 1.43 bits per heavy atom. The second-order valence-electron chi connectivity index (χ2n) is 5.58. The van der Waals surface area contributed by atoms with Crippen molar-refractivity contribution in [3.8, 4) is 0 Å². The highest BCUT2D eigenvalue weighted by atomic mass is 16.5. The molecule has 5 nitrogen and oxygen atoms in total. The average molecular weight is 286 g/mol. The summed E-state index contributed by atoms with van der Waals surface area (Å²) in [5, 5.41) is 7.24. The zero-order valence-electron chi connectivity index (χ0n) is 12.7. The summed E-state index contributed by atoms with van der Waals surface area (Å²) in [5.41, 5.74) is 2.65. The molecule has 0 spiro atoms. The first kappa shape index (κ1) is 14.2. The molecule has 0 unspecified atom stereocenters. The van der Waals surface area contributed by atoms with E-state index in [-0.39, 0.29) is 6.10 Å². The zero-order valence-corrected chi connectivity index (χ0v) is 12.7. The van der Waals surface area contributed by atoms with Crippen LogP contribution >= 0.6 is 0 Å². The van der Waals surface area contributed by atoms with Gasteiger partial charge < -0.3 is 4.74 Å². The highest BCUT2D eigenvalue weighted by Crippen LogP contribution is 2.20. The highest BCUT2D eigenvalue weighted by molar-refractivity contribution is 5.22. The molecule has 5 heteroatoms. The predicted octanol–water partition coefficient (Wildman–Crippen LogP) is 2.25. The number of aromatic amines is 1. The van der Waals surface area contributed by atoms with Crippen LogP contribution in [-0.4, -0.2) is 39.8 Å². The smallest absolute Gasteiger partial charge is 0.180 e. The highest BCUT2D eigenvalue weighted by Gasteiger charge is 2.25. The second kappa shape index (κ2) is 6.37. The van der Waals surface area contributed by atoms with Crippen molar-refractivity contribution in [3.63, 3.8) is 0 Å². The third kappa shape index (κ3) is 3.49. The van der Waals surface area contributed by atoms with E-state index in [0.717, 1.165) is 44.3 Å². The van der Waals surface area contributed by atoms with Crippen LogP contribution in [0.1, 0.15) is 35.8 Å². The van der Waals surface area contributed by atoms with Crippen molar-refractivity contribution in [1.29, 1.82) is 0 Å². The summed E-state index contributed by atoms with van der Waals surface area (Å²) >= 11 is 0. The normalized spacial score (nSPS) is 19.8. The number of rotatable bonds is 4. The first-order valence-electron chi connectivity index (χ1n) is 7.55. The summed E-state index contributed by atoms with van der Waals surface area (Å²) in [6, 6.07) is 8.67. The Balaban J connectivity index is 1.65. The van der Waals surface area contributed by atoms with E-state index in [2.05, 4.69) is 58.2 Å².